The van der Waals surface area contributed by atoms with E-state index in [1.807, 2.05) is 30.3 Å². The van der Waals surface area contributed by atoms with Crippen LogP contribution in [0.15, 0.2) is 39.4 Å². The molecule has 0 radical (unpaired) electrons. The second-order valence-electron chi connectivity index (χ2n) is 4.38. The number of aromatic nitrogens is 2. The summed E-state index contributed by atoms with van der Waals surface area (Å²) in [6.45, 7) is 1.80. The first-order valence-electron chi connectivity index (χ1n) is 6.02. The number of fused-ring (bicyclic) bond motifs is 1. The zero-order chi connectivity index (χ0) is 14.1. The van der Waals surface area contributed by atoms with Crippen LogP contribution in [0, 0.1) is 0 Å². The number of hydrogen-bond acceptors (Lipinski definition) is 6. The number of nitrogens with one attached hydrogen (secondary N) is 1. The van der Waals surface area contributed by atoms with Crippen molar-refractivity contribution in [2.45, 2.75) is 13.0 Å². The van der Waals surface area contributed by atoms with Crippen molar-refractivity contribution >= 4 is 22.7 Å². The van der Waals surface area contributed by atoms with E-state index in [9.17, 15) is 4.79 Å². The SMILES string of the molecule is CC(NC(=O)c1nonc1N)c1cc2ccccc2o1. The van der Waals surface area contributed by atoms with Gasteiger partial charge in [0.15, 0.2) is 0 Å². The standard InChI is InChI=1S/C13H12N4O3/c1-7(15-13(18)11-12(14)17-20-16-11)10-6-8-4-2-3-5-9(8)19-10/h2-7H,1H3,(H2,14,17)(H,15,18). The summed E-state index contributed by atoms with van der Waals surface area (Å²) in [7, 11) is 0. The lowest BCUT2D eigenvalue weighted by Crippen LogP contribution is -2.27. The van der Waals surface area contributed by atoms with Gasteiger partial charge in [-0.3, -0.25) is 4.79 Å². The molecule has 0 bridgehead atoms. The monoisotopic (exact) mass is 272 g/mol. The molecule has 20 heavy (non-hydrogen) atoms. The highest BCUT2D eigenvalue weighted by molar-refractivity contribution is 5.96. The number of benzene rings is 1. The number of nitrogens with zero attached hydrogens (tertiary/aromatic N) is 2. The number of hydrogen-bond donors (Lipinski definition) is 2. The maximum Gasteiger partial charge on any atom is 0.278 e. The summed E-state index contributed by atoms with van der Waals surface area (Å²) < 4.78 is 10.1. The molecular formula is C13H12N4O3. The molecule has 2 heterocycles. The molecule has 1 aromatic carbocycles. The lowest BCUT2D eigenvalue weighted by atomic mass is 10.2. The zero-order valence-corrected chi connectivity index (χ0v) is 10.7. The van der Waals surface area contributed by atoms with E-state index in [4.69, 9.17) is 10.2 Å². The lowest BCUT2D eigenvalue weighted by molar-refractivity contribution is 0.0926. The van der Waals surface area contributed by atoms with Crippen LogP contribution >= 0.6 is 0 Å². The molecule has 7 nitrogen and oxygen atoms in total. The van der Waals surface area contributed by atoms with E-state index in [1.54, 1.807) is 6.92 Å². The van der Waals surface area contributed by atoms with Crippen LogP contribution in [-0.2, 0) is 0 Å². The molecule has 2 aromatic heterocycles. The van der Waals surface area contributed by atoms with Crippen molar-refractivity contribution in [1.82, 2.24) is 15.6 Å². The predicted molar refractivity (Wildman–Crippen MR) is 70.8 cm³/mol. The Labute approximate surface area is 113 Å². The molecule has 7 heteroatoms. The summed E-state index contributed by atoms with van der Waals surface area (Å²) in [5.41, 5.74) is 6.20. The van der Waals surface area contributed by atoms with Crippen molar-refractivity contribution in [3.05, 3.63) is 41.8 Å². The summed E-state index contributed by atoms with van der Waals surface area (Å²) >= 11 is 0. The van der Waals surface area contributed by atoms with E-state index in [2.05, 4.69) is 20.3 Å². The Hall–Kier alpha value is -2.83. The summed E-state index contributed by atoms with van der Waals surface area (Å²) in [6, 6.07) is 9.17. The fourth-order valence-electron chi connectivity index (χ4n) is 1.90. The van der Waals surface area contributed by atoms with Crippen LogP contribution in [0.2, 0.25) is 0 Å². The van der Waals surface area contributed by atoms with E-state index < -0.39 is 5.91 Å². The summed E-state index contributed by atoms with van der Waals surface area (Å²) in [4.78, 5) is 11.9. The Kier molecular flexibility index (Phi) is 2.86. The quantitative estimate of drug-likeness (QED) is 0.753. The second kappa shape index (κ2) is 4.69. The van der Waals surface area contributed by atoms with Crippen LogP contribution < -0.4 is 11.1 Å². The molecule has 0 aliphatic carbocycles. The average Bonchev–Trinajstić information content (AvgIpc) is 3.04. The summed E-state index contributed by atoms with van der Waals surface area (Å²) in [5, 5.41) is 10.5. The molecule has 102 valence electrons. The topological polar surface area (TPSA) is 107 Å². The largest absolute Gasteiger partial charge is 0.459 e. The maximum absolute atomic E-state index is 11.9. The highest BCUT2D eigenvalue weighted by Gasteiger charge is 2.20. The molecule has 0 saturated heterocycles. The van der Waals surface area contributed by atoms with Gasteiger partial charge in [-0.15, -0.1) is 0 Å². The van der Waals surface area contributed by atoms with Crippen molar-refractivity contribution in [2.24, 2.45) is 0 Å². The number of rotatable bonds is 3. The zero-order valence-electron chi connectivity index (χ0n) is 10.7. The first-order valence-corrected chi connectivity index (χ1v) is 6.02. The number of amides is 1. The van der Waals surface area contributed by atoms with Gasteiger partial charge in [0.1, 0.15) is 11.3 Å². The van der Waals surface area contributed by atoms with Gasteiger partial charge in [-0.2, -0.15) is 0 Å². The van der Waals surface area contributed by atoms with Crippen molar-refractivity contribution in [2.75, 3.05) is 5.73 Å². The number of anilines is 1. The van der Waals surface area contributed by atoms with E-state index >= 15 is 0 Å². The number of furan rings is 1. The highest BCUT2D eigenvalue weighted by atomic mass is 16.6. The van der Waals surface area contributed by atoms with Crippen LogP contribution in [0.3, 0.4) is 0 Å². The van der Waals surface area contributed by atoms with Crippen LogP contribution in [0.4, 0.5) is 5.82 Å². The van der Waals surface area contributed by atoms with E-state index in [-0.39, 0.29) is 17.6 Å². The average molecular weight is 272 g/mol. The van der Waals surface area contributed by atoms with Gasteiger partial charge in [0, 0.05) is 5.39 Å². The van der Waals surface area contributed by atoms with Gasteiger partial charge in [-0.1, -0.05) is 18.2 Å². The third-order valence-corrected chi connectivity index (χ3v) is 2.95. The molecule has 3 N–H and O–H groups in total. The Morgan fingerprint density at radius 2 is 2.15 bits per heavy atom. The molecule has 0 spiro atoms. The maximum atomic E-state index is 11.9. The van der Waals surface area contributed by atoms with E-state index in [0.717, 1.165) is 11.0 Å². The first-order chi connectivity index (χ1) is 9.65. The molecule has 0 aliphatic heterocycles. The number of nitrogen functional groups attached to an aromatic ring is 1. The lowest BCUT2D eigenvalue weighted by Gasteiger charge is -2.09. The Balaban J connectivity index is 1.80. The fraction of sp³-hybridized carbons (Fsp3) is 0.154. The minimum atomic E-state index is -0.461. The first kappa shape index (κ1) is 12.2. The molecule has 0 saturated carbocycles. The minimum Gasteiger partial charge on any atom is -0.459 e. The Bertz CT molecular complexity index is 729. The molecular weight excluding hydrogens is 260 g/mol. The van der Waals surface area contributed by atoms with Gasteiger partial charge in [-0.25, -0.2) is 4.63 Å². The molecule has 0 fully saturated rings. The summed E-state index contributed by atoms with van der Waals surface area (Å²) in [5.74, 6) is 0.144. The van der Waals surface area contributed by atoms with Crippen molar-refractivity contribution in [3.8, 4) is 0 Å². The summed E-state index contributed by atoms with van der Waals surface area (Å²) in [6.07, 6.45) is 0. The number of para-hydroxylation sites is 1. The van der Waals surface area contributed by atoms with Crippen LogP contribution in [0.1, 0.15) is 29.2 Å². The molecule has 3 rings (SSSR count). The van der Waals surface area contributed by atoms with Crippen molar-refractivity contribution < 1.29 is 13.8 Å². The van der Waals surface area contributed by atoms with Gasteiger partial charge in [-0.05, 0) is 29.4 Å². The van der Waals surface area contributed by atoms with Gasteiger partial charge in [0.05, 0.1) is 6.04 Å². The minimum absolute atomic E-state index is 0.0343. The van der Waals surface area contributed by atoms with Gasteiger partial charge >= 0.3 is 0 Å². The van der Waals surface area contributed by atoms with Crippen LogP contribution in [-0.4, -0.2) is 16.2 Å². The number of nitrogens with two attached hydrogens (primary N) is 1. The van der Waals surface area contributed by atoms with E-state index in [0.29, 0.717) is 5.76 Å². The molecule has 1 amide bonds. The smallest absolute Gasteiger partial charge is 0.278 e. The normalized spacial score (nSPS) is 12.4. The molecule has 0 aliphatic rings. The van der Waals surface area contributed by atoms with Crippen LogP contribution in [0.5, 0.6) is 0 Å². The molecule has 1 unspecified atom stereocenters. The van der Waals surface area contributed by atoms with Crippen molar-refractivity contribution in [3.63, 3.8) is 0 Å². The Morgan fingerprint density at radius 3 is 2.85 bits per heavy atom. The van der Waals surface area contributed by atoms with Gasteiger partial charge in [0.25, 0.3) is 5.91 Å². The predicted octanol–water partition coefficient (Wildman–Crippen LogP) is 1.89. The third kappa shape index (κ3) is 2.09. The van der Waals surface area contributed by atoms with E-state index in [1.165, 1.54) is 0 Å². The van der Waals surface area contributed by atoms with Gasteiger partial charge < -0.3 is 15.5 Å². The second-order valence-corrected chi connectivity index (χ2v) is 4.38. The number of carbonyl (C=O) groups is 1. The van der Waals surface area contributed by atoms with Crippen LogP contribution in [0.25, 0.3) is 11.0 Å². The fourth-order valence-corrected chi connectivity index (χ4v) is 1.90. The molecule has 1 atom stereocenters. The van der Waals surface area contributed by atoms with Crippen molar-refractivity contribution in [1.29, 1.82) is 0 Å². The highest BCUT2D eigenvalue weighted by Crippen LogP contribution is 2.23. The number of carbonyl (C=O) groups excluding carboxylic acids is 1. The third-order valence-electron chi connectivity index (χ3n) is 2.95. The Morgan fingerprint density at radius 1 is 1.35 bits per heavy atom. The molecule has 3 aromatic rings. The van der Waals surface area contributed by atoms with Gasteiger partial charge in [0.2, 0.25) is 11.5 Å².